The molecule has 2 atom stereocenters. The van der Waals surface area contributed by atoms with E-state index in [9.17, 15) is 10.1 Å². The number of hydrazone groups is 1. The molecule has 0 aromatic heterocycles. The fourth-order valence-electron chi connectivity index (χ4n) is 3.05. The van der Waals surface area contributed by atoms with Crippen molar-refractivity contribution < 1.29 is 4.92 Å². The highest BCUT2D eigenvalue weighted by Gasteiger charge is 2.60. The van der Waals surface area contributed by atoms with Gasteiger partial charge in [-0.1, -0.05) is 12.1 Å². The van der Waals surface area contributed by atoms with Crippen LogP contribution in [0, 0.1) is 16.0 Å². The molecule has 2 N–H and O–H groups in total. The molecule has 2 aliphatic rings. The van der Waals surface area contributed by atoms with Crippen LogP contribution >= 0.6 is 0 Å². The third-order valence-electron chi connectivity index (χ3n) is 4.07. The Morgan fingerprint density at radius 1 is 1.41 bits per heavy atom. The first-order valence-corrected chi connectivity index (χ1v) is 5.66. The Kier molecular flexibility index (Phi) is 1.98. The van der Waals surface area contributed by atoms with Crippen molar-refractivity contribution in [1.29, 1.82) is 0 Å². The van der Waals surface area contributed by atoms with Crippen LogP contribution in [0.25, 0.3) is 0 Å². The highest BCUT2D eigenvalue weighted by atomic mass is 16.6. The molecular weight excluding hydrogens is 218 g/mol. The fraction of sp³-hybridized carbons (Fsp3) is 0.417. The summed E-state index contributed by atoms with van der Waals surface area (Å²) in [6, 6.07) is 6.91. The summed E-state index contributed by atoms with van der Waals surface area (Å²) in [6.07, 6.45) is 3.04. The Labute approximate surface area is 98.5 Å². The number of benzene rings is 1. The van der Waals surface area contributed by atoms with Crippen LogP contribution in [0.2, 0.25) is 0 Å². The molecule has 5 heteroatoms. The van der Waals surface area contributed by atoms with Gasteiger partial charge in [-0.2, -0.15) is 5.10 Å². The Morgan fingerprint density at radius 2 is 2.12 bits per heavy atom. The van der Waals surface area contributed by atoms with Crippen molar-refractivity contribution in [1.82, 2.24) is 0 Å². The van der Waals surface area contributed by atoms with Gasteiger partial charge in [0.1, 0.15) is 0 Å². The summed E-state index contributed by atoms with van der Waals surface area (Å²) >= 11 is 0. The average molecular weight is 231 g/mol. The van der Waals surface area contributed by atoms with E-state index in [1.54, 1.807) is 12.1 Å². The summed E-state index contributed by atoms with van der Waals surface area (Å²) in [7, 11) is 0. The van der Waals surface area contributed by atoms with Crippen molar-refractivity contribution in [3.63, 3.8) is 0 Å². The Balaban J connectivity index is 1.89. The van der Waals surface area contributed by atoms with E-state index >= 15 is 0 Å². The van der Waals surface area contributed by atoms with E-state index in [2.05, 4.69) is 5.10 Å². The zero-order valence-electron chi connectivity index (χ0n) is 9.30. The largest absolute Gasteiger partial charge is 0.323 e. The molecule has 1 aromatic carbocycles. The smallest absolute Gasteiger partial charge is 0.269 e. The Morgan fingerprint density at radius 3 is 2.65 bits per heavy atom. The normalized spacial score (nSPS) is 32.5. The summed E-state index contributed by atoms with van der Waals surface area (Å²) in [6.45, 7) is 0. The van der Waals surface area contributed by atoms with E-state index in [-0.39, 0.29) is 16.0 Å². The van der Waals surface area contributed by atoms with Crippen LogP contribution in [0.3, 0.4) is 0 Å². The number of hydrogen-bond donors (Lipinski definition) is 1. The van der Waals surface area contributed by atoms with Crippen LogP contribution in [0.5, 0.6) is 0 Å². The first kappa shape index (κ1) is 10.3. The van der Waals surface area contributed by atoms with Gasteiger partial charge in [0.15, 0.2) is 0 Å². The first-order valence-electron chi connectivity index (χ1n) is 5.66. The van der Waals surface area contributed by atoms with Gasteiger partial charge < -0.3 is 5.84 Å². The third-order valence-corrected chi connectivity index (χ3v) is 4.07. The molecule has 2 fully saturated rings. The second-order valence-corrected chi connectivity index (χ2v) is 4.94. The maximum absolute atomic E-state index is 10.6. The summed E-state index contributed by atoms with van der Waals surface area (Å²) in [4.78, 5) is 10.2. The molecule has 2 saturated carbocycles. The predicted molar refractivity (Wildman–Crippen MR) is 63.7 cm³/mol. The predicted octanol–water partition coefficient (Wildman–Crippen LogP) is 1.96. The topological polar surface area (TPSA) is 81.5 Å². The van der Waals surface area contributed by atoms with Crippen molar-refractivity contribution in [2.45, 2.75) is 24.7 Å². The van der Waals surface area contributed by atoms with Gasteiger partial charge in [0.25, 0.3) is 5.69 Å². The van der Waals surface area contributed by atoms with Crippen LogP contribution in [0.4, 0.5) is 5.69 Å². The van der Waals surface area contributed by atoms with Gasteiger partial charge in [-0.25, -0.2) is 0 Å². The number of non-ortho nitro benzene ring substituents is 1. The van der Waals surface area contributed by atoms with Crippen LogP contribution in [-0.2, 0) is 5.41 Å². The summed E-state index contributed by atoms with van der Waals surface area (Å²) in [5, 5.41) is 14.4. The number of nitro groups is 1. The first-order chi connectivity index (χ1) is 8.15. The minimum absolute atomic E-state index is 0.146. The average Bonchev–Trinajstić information content (AvgIpc) is 2.92. The van der Waals surface area contributed by atoms with Crippen LogP contribution in [0.15, 0.2) is 29.4 Å². The lowest BCUT2D eigenvalue weighted by atomic mass is 9.93. The SMILES string of the molecule is NN=C1CC2CC2(c2ccc([N+](=O)[O-])cc2)C1. The van der Waals surface area contributed by atoms with Crippen LogP contribution in [0.1, 0.15) is 24.8 Å². The van der Waals surface area contributed by atoms with Crippen molar-refractivity contribution in [3.8, 4) is 0 Å². The summed E-state index contributed by atoms with van der Waals surface area (Å²) < 4.78 is 0. The van der Waals surface area contributed by atoms with Gasteiger partial charge in [-0.3, -0.25) is 10.1 Å². The lowest BCUT2D eigenvalue weighted by Crippen LogP contribution is -2.09. The molecule has 2 unspecified atom stereocenters. The van der Waals surface area contributed by atoms with Crippen LogP contribution < -0.4 is 5.84 Å². The van der Waals surface area contributed by atoms with Gasteiger partial charge in [0.05, 0.1) is 4.92 Å². The van der Waals surface area contributed by atoms with Crippen LogP contribution in [-0.4, -0.2) is 10.6 Å². The zero-order chi connectivity index (χ0) is 12.0. The second kappa shape index (κ2) is 3.29. The molecule has 0 amide bonds. The van der Waals surface area contributed by atoms with Gasteiger partial charge >= 0.3 is 0 Å². The number of nitrogens with zero attached hydrogens (tertiary/aromatic N) is 2. The van der Waals surface area contributed by atoms with Crippen molar-refractivity contribution >= 4 is 11.4 Å². The lowest BCUT2D eigenvalue weighted by molar-refractivity contribution is -0.384. The highest BCUT2D eigenvalue weighted by Crippen LogP contribution is 2.63. The quantitative estimate of drug-likeness (QED) is 0.480. The number of nitro benzene ring substituents is 1. The standard InChI is InChI=1S/C12H13N3O2/c13-14-10-5-9-6-12(9,7-10)8-1-3-11(4-2-8)15(16)17/h1-4,9H,5-7,13H2. The fourth-order valence-corrected chi connectivity index (χ4v) is 3.05. The Bertz CT molecular complexity index is 509. The summed E-state index contributed by atoms with van der Waals surface area (Å²) in [5.41, 5.74) is 2.58. The van der Waals surface area contributed by atoms with Gasteiger partial charge in [0.2, 0.25) is 0 Å². The van der Waals surface area contributed by atoms with E-state index in [1.807, 2.05) is 12.1 Å². The van der Waals surface area contributed by atoms with Gasteiger partial charge in [-0.15, -0.1) is 0 Å². The van der Waals surface area contributed by atoms with E-state index in [0.717, 1.165) is 25.0 Å². The molecule has 0 heterocycles. The maximum Gasteiger partial charge on any atom is 0.269 e. The number of nitrogens with two attached hydrogens (primary N) is 1. The molecule has 3 rings (SSSR count). The molecular formula is C12H13N3O2. The van der Waals surface area contributed by atoms with E-state index < -0.39 is 0 Å². The van der Waals surface area contributed by atoms with E-state index in [0.29, 0.717) is 5.92 Å². The maximum atomic E-state index is 10.6. The molecule has 5 nitrogen and oxygen atoms in total. The molecule has 0 bridgehead atoms. The van der Waals surface area contributed by atoms with E-state index in [4.69, 9.17) is 5.84 Å². The number of fused-ring (bicyclic) bond motifs is 1. The summed E-state index contributed by atoms with van der Waals surface area (Å²) in [5.74, 6) is 5.95. The molecule has 2 aliphatic carbocycles. The van der Waals surface area contributed by atoms with E-state index in [1.165, 1.54) is 5.56 Å². The minimum Gasteiger partial charge on any atom is -0.323 e. The molecule has 0 aliphatic heterocycles. The molecule has 1 aromatic rings. The molecule has 0 spiro atoms. The molecule has 88 valence electrons. The number of rotatable bonds is 2. The molecule has 17 heavy (non-hydrogen) atoms. The lowest BCUT2D eigenvalue weighted by Gasteiger charge is -2.11. The second-order valence-electron chi connectivity index (χ2n) is 4.94. The monoisotopic (exact) mass is 231 g/mol. The van der Waals surface area contributed by atoms with Crippen molar-refractivity contribution in [2.24, 2.45) is 16.9 Å². The van der Waals surface area contributed by atoms with Crippen molar-refractivity contribution in [3.05, 3.63) is 39.9 Å². The Hall–Kier alpha value is -1.91. The van der Waals surface area contributed by atoms with Gasteiger partial charge in [-0.05, 0) is 30.7 Å². The third kappa shape index (κ3) is 1.42. The van der Waals surface area contributed by atoms with Gasteiger partial charge in [0, 0.05) is 23.3 Å². The molecule has 0 radical (unpaired) electrons. The minimum atomic E-state index is -0.368. The number of hydrogen-bond acceptors (Lipinski definition) is 4. The van der Waals surface area contributed by atoms with Crippen molar-refractivity contribution in [2.75, 3.05) is 0 Å². The highest BCUT2D eigenvalue weighted by molar-refractivity contribution is 5.90. The zero-order valence-corrected chi connectivity index (χ0v) is 9.30. The molecule has 0 saturated heterocycles.